The third kappa shape index (κ3) is 7.51. The molecule has 0 saturated heterocycles. The molecule has 0 unspecified atom stereocenters. The minimum atomic E-state index is -2.30. The van der Waals surface area contributed by atoms with Crippen LogP contribution in [-0.4, -0.2) is 32.1 Å². The second-order valence-corrected chi connectivity index (χ2v) is 22.6. The topological polar surface area (TPSA) is 55.9 Å². The van der Waals surface area contributed by atoms with Crippen LogP contribution in [0.2, 0.25) is 13.1 Å². The van der Waals surface area contributed by atoms with Crippen molar-refractivity contribution in [2.45, 2.75) is 65.5 Å². The zero-order valence-corrected chi connectivity index (χ0v) is 39.3. The van der Waals surface area contributed by atoms with Crippen molar-refractivity contribution in [2.24, 2.45) is 0 Å². The van der Waals surface area contributed by atoms with E-state index in [4.69, 9.17) is 9.97 Å². The van der Waals surface area contributed by atoms with E-state index in [2.05, 4.69) is 221 Å². The summed E-state index contributed by atoms with van der Waals surface area (Å²) >= 11 is 0. The Kier molecular flexibility index (Phi) is 10.9. The van der Waals surface area contributed by atoms with Crippen LogP contribution in [0.3, 0.4) is 0 Å². The number of nitrogens with zero attached hydrogens (tertiary/aromatic N) is 4. The van der Waals surface area contributed by atoms with Crippen LogP contribution in [0.25, 0.3) is 72.8 Å². The predicted molar refractivity (Wildman–Crippen MR) is 253 cm³/mol. The first-order chi connectivity index (χ1) is 28.7. The first-order valence-electron chi connectivity index (χ1n) is 20.8. The number of phenolic OH excluding ortho intramolecular Hbond substituents is 1. The van der Waals surface area contributed by atoms with Gasteiger partial charge >= 0.3 is 0 Å². The van der Waals surface area contributed by atoms with Crippen LogP contribution >= 0.6 is 0 Å². The van der Waals surface area contributed by atoms with Gasteiger partial charge in [-0.25, -0.2) is 4.98 Å². The SMILES string of the molecule is CC(C)(C)c1cc(-c2nc3c(-c4[c-]c(-c5nc6ccccc6n5[Si](C)(C)c5ccccc5)ccc4)cccc3n2-c2ccccc2-c2ccccc2)c(O)c(C(C)(C)C)c1.[Pt]. The van der Waals surface area contributed by atoms with E-state index >= 15 is 0 Å². The van der Waals surface area contributed by atoms with Crippen molar-refractivity contribution < 1.29 is 26.2 Å². The van der Waals surface area contributed by atoms with Crippen molar-refractivity contribution in [3.8, 4) is 56.5 Å². The van der Waals surface area contributed by atoms with E-state index in [1.54, 1.807) is 0 Å². The molecule has 0 fully saturated rings. The molecule has 0 saturated carbocycles. The average molecular weight is 995 g/mol. The molecule has 0 radical (unpaired) electrons. The molecule has 0 spiro atoms. The molecule has 7 aromatic carbocycles. The fraction of sp³-hybridized carbons (Fsp3) is 0.185. The number of aromatic nitrogens is 4. The first kappa shape index (κ1) is 41.9. The minimum Gasteiger partial charge on any atom is -0.507 e. The Balaban J connectivity index is 0.00000514. The standard InChI is InChI=1S/C54H51N4OSi.Pt/c1-53(2,3)39-34-43(50(59)44(35-39)54(4,5)6)52-56-49-42(28-20-32-48(49)57(52)46-30-17-15-27-41(46)36-21-11-9-12-22-36)37-23-19-24-38(33-37)51-55-45-29-16-18-31-47(45)58(51)60(7,8)40-25-13-10-14-26-40;/h9-32,34-35,59H,1-8H3;/q-1;. The van der Waals surface area contributed by atoms with Gasteiger partial charge in [-0.15, -0.1) is 29.8 Å². The molecule has 1 N–H and O–H groups in total. The van der Waals surface area contributed by atoms with Gasteiger partial charge in [0.2, 0.25) is 0 Å². The van der Waals surface area contributed by atoms with E-state index in [0.717, 1.165) is 72.5 Å². The Bertz CT molecular complexity index is 3040. The second-order valence-electron chi connectivity index (χ2n) is 18.4. The van der Waals surface area contributed by atoms with E-state index in [9.17, 15) is 5.11 Å². The van der Waals surface area contributed by atoms with Crippen molar-refractivity contribution in [2.75, 3.05) is 0 Å². The maximum Gasteiger partial charge on any atom is 0.181 e. The number of phenols is 1. The summed E-state index contributed by atoms with van der Waals surface area (Å²) in [6.45, 7) is 17.9. The molecule has 0 aliphatic carbocycles. The van der Waals surface area contributed by atoms with Gasteiger partial charge in [0.15, 0.2) is 8.24 Å². The number of rotatable bonds is 7. The molecule has 2 heterocycles. The predicted octanol–water partition coefficient (Wildman–Crippen LogP) is 13.1. The maximum absolute atomic E-state index is 12.4. The number of hydrogen-bond donors (Lipinski definition) is 1. The van der Waals surface area contributed by atoms with Gasteiger partial charge in [0.25, 0.3) is 0 Å². The van der Waals surface area contributed by atoms with Gasteiger partial charge < -0.3 is 9.34 Å². The summed E-state index contributed by atoms with van der Waals surface area (Å²) in [5.74, 6) is 1.85. The molecule has 7 heteroatoms. The Morgan fingerprint density at radius 2 is 1.16 bits per heavy atom. The van der Waals surface area contributed by atoms with Gasteiger partial charge in [0, 0.05) is 32.2 Å². The van der Waals surface area contributed by atoms with Gasteiger partial charge in [-0.2, -0.15) is 0 Å². The molecule has 9 rings (SSSR count). The monoisotopic (exact) mass is 994 g/mol. The van der Waals surface area contributed by atoms with Crippen molar-refractivity contribution in [3.05, 3.63) is 175 Å². The van der Waals surface area contributed by atoms with Crippen LogP contribution in [0.1, 0.15) is 52.7 Å². The Labute approximate surface area is 375 Å². The molecule has 9 aromatic rings. The zero-order valence-electron chi connectivity index (χ0n) is 36.1. The molecule has 308 valence electrons. The molecule has 0 bridgehead atoms. The molecular formula is C54H51N4OPtSi-. The summed E-state index contributed by atoms with van der Waals surface area (Å²) in [5.41, 5.74) is 12.1. The molecular weight excluding hydrogens is 944 g/mol. The summed E-state index contributed by atoms with van der Waals surface area (Å²) in [6.07, 6.45) is 0. The normalized spacial score (nSPS) is 12.2. The van der Waals surface area contributed by atoms with E-state index in [0.29, 0.717) is 11.4 Å². The number of aromatic hydroxyl groups is 1. The number of hydrogen-bond acceptors (Lipinski definition) is 3. The molecule has 0 aliphatic rings. The summed E-state index contributed by atoms with van der Waals surface area (Å²) in [6, 6.07) is 59.2. The number of imidazole rings is 2. The van der Waals surface area contributed by atoms with Crippen LogP contribution in [0, 0.1) is 6.07 Å². The smallest absolute Gasteiger partial charge is 0.181 e. The zero-order chi connectivity index (χ0) is 42.0. The third-order valence-electron chi connectivity index (χ3n) is 11.9. The third-order valence-corrected chi connectivity index (χ3v) is 15.2. The fourth-order valence-electron chi connectivity index (χ4n) is 8.59. The van der Waals surface area contributed by atoms with Crippen LogP contribution in [0.15, 0.2) is 158 Å². The average Bonchev–Trinajstić information content (AvgIpc) is 3.84. The van der Waals surface area contributed by atoms with Crippen molar-refractivity contribution >= 4 is 35.5 Å². The van der Waals surface area contributed by atoms with Crippen LogP contribution in [0.5, 0.6) is 5.75 Å². The van der Waals surface area contributed by atoms with Gasteiger partial charge in [0.05, 0.1) is 39.1 Å². The van der Waals surface area contributed by atoms with Crippen molar-refractivity contribution in [3.63, 3.8) is 0 Å². The number of fused-ring (bicyclic) bond motifs is 2. The van der Waals surface area contributed by atoms with Gasteiger partial charge in [0.1, 0.15) is 11.6 Å². The number of para-hydroxylation sites is 4. The molecule has 5 nitrogen and oxygen atoms in total. The van der Waals surface area contributed by atoms with Gasteiger partial charge in [-0.3, -0.25) is 9.55 Å². The summed E-state index contributed by atoms with van der Waals surface area (Å²) in [7, 11) is -2.30. The Hall–Kier alpha value is -5.81. The Morgan fingerprint density at radius 3 is 1.89 bits per heavy atom. The fourth-order valence-corrected chi connectivity index (χ4v) is 11.3. The minimum absolute atomic E-state index is 0. The van der Waals surface area contributed by atoms with E-state index in [-0.39, 0.29) is 37.6 Å². The van der Waals surface area contributed by atoms with Gasteiger partial charge in [-0.1, -0.05) is 162 Å². The maximum atomic E-state index is 12.4. The second kappa shape index (κ2) is 15.9. The molecule has 61 heavy (non-hydrogen) atoms. The van der Waals surface area contributed by atoms with Crippen molar-refractivity contribution in [1.82, 2.24) is 18.8 Å². The molecule has 0 aliphatic heterocycles. The summed E-state index contributed by atoms with van der Waals surface area (Å²) in [5, 5.41) is 13.7. The molecule has 0 atom stereocenters. The van der Waals surface area contributed by atoms with E-state index in [1.165, 1.54) is 5.19 Å². The number of benzene rings is 7. The summed E-state index contributed by atoms with van der Waals surface area (Å²) in [4.78, 5) is 10.9. The molecule has 0 amide bonds. The van der Waals surface area contributed by atoms with Crippen molar-refractivity contribution in [1.29, 1.82) is 0 Å². The van der Waals surface area contributed by atoms with Gasteiger partial charge in [-0.05, 0) is 70.6 Å². The van der Waals surface area contributed by atoms with Crippen LogP contribution in [-0.2, 0) is 31.9 Å². The summed E-state index contributed by atoms with van der Waals surface area (Å²) < 4.78 is 4.73. The Morgan fingerprint density at radius 1 is 0.557 bits per heavy atom. The van der Waals surface area contributed by atoms with E-state index in [1.807, 2.05) is 6.07 Å². The van der Waals surface area contributed by atoms with Crippen LogP contribution < -0.4 is 5.19 Å². The quantitative estimate of drug-likeness (QED) is 0.128. The largest absolute Gasteiger partial charge is 0.507 e. The molecule has 2 aromatic heterocycles. The first-order valence-corrected chi connectivity index (χ1v) is 23.8. The van der Waals surface area contributed by atoms with E-state index < -0.39 is 8.24 Å². The van der Waals surface area contributed by atoms with Crippen LogP contribution in [0.4, 0.5) is 0 Å².